The van der Waals surface area contributed by atoms with E-state index in [9.17, 15) is 0 Å². The van der Waals surface area contributed by atoms with Crippen molar-refractivity contribution in [3.63, 3.8) is 0 Å². The predicted molar refractivity (Wildman–Crippen MR) is 136 cm³/mol. The van der Waals surface area contributed by atoms with Gasteiger partial charge in [-0.25, -0.2) is 0 Å². The van der Waals surface area contributed by atoms with Gasteiger partial charge >= 0.3 is 0 Å². The lowest BCUT2D eigenvalue weighted by molar-refractivity contribution is 0.376. The van der Waals surface area contributed by atoms with Crippen LogP contribution in [-0.4, -0.2) is 18.3 Å². The SMILES string of the molecule is CCCN1c2ccc(C=Nc3ccc(Oc4ccccc4Cl)cc3)cc2C(C)CC1(C)C. The van der Waals surface area contributed by atoms with Gasteiger partial charge in [-0.1, -0.05) is 43.6 Å². The zero-order valence-corrected chi connectivity index (χ0v) is 20.1. The van der Waals surface area contributed by atoms with Gasteiger partial charge in [-0.05, 0) is 92.3 Å². The number of anilines is 1. The van der Waals surface area contributed by atoms with Gasteiger partial charge in [0.2, 0.25) is 0 Å². The Morgan fingerprint density at radius 1 is 1.09 bits per heavy atom. The van der Waals surface area contributed by atoms with E-state index in [0.29, 0.717) is 16.7 Å². The standard InChI is InChI=1S/C28H31ClN2O/c1-5-16-31-26-15-10-21(17-24(26)20(2)18-28(31,3)4)19-30-22-11-13-23(14-12-22)32-27-9-7-6-8-25(27)29/h6-15,17,19-20H,5,16,18H2,1-4H3. The second kappa shape index (κ2) is 9.38. The van der Waals surface area contributed by atoms with Crippen LogP contribution in [0, 0.1) is 0 Å². The average molecular weight is 447 g/mol. The smallest absolute Gasteiger partial charge is 0.146 e. The van der Waals surface area contributed by atoms with Gasteiger partial charge in [0.25, 0.3) is 0 Å². The number of hydrogen-bond acceptors (Lipinski definition) is 3. The first kappa shape index (κ1) is 22.4. The van der Waals surface area contributed by atoms with Crippen LogP contribution in [0.15, 0.2) is 71.7 Å². The van der Waals surface area contributed by atoms with Crippen molar-refractivity contribution in [2.24, 2.45) is 4.99 Å². The summed E-state index contributed by atoms with van der Waals surface area (Å²) in [5, 5.41) is 0.595. The minimum absolute atomic E-state index is 0.186. The van der Waals surface area contributed by atoms with E-state index < -0.39 is 0 Å². The fraction of sp³-hybridized carbons (Fsp3) is 0.321. The van der Waals surface area contributed by atoms with E-state index in [1.165, 1.54) is 11.3 Å². The molecule has 4 heteroatoms. The summed E-state index contributed by atoms with van der Waals surface area (Å²) in [4.78, 5) is 7.25. The van der Waals surface area contributed by atoms with Crippen LogP contribution < -0.4 is 9.64 Å². The number of nitrogens with zero attached hydrogens (tertiary/aromatic N) is 2. The summed E-state index contributed by atoms with van der Waals surface area (Å²) in [5.74, 6) is 1.91. The number of hydrogen-bond donors (Lipinski definition) is 0. The molecule has 0 fully saturated rings. The van der Waals surface area contributed by atoms with Gasteiger partial charge in [-0.3, -0.25) is 4.99 Å². The molecular weight excluding hydrogens is 416 g/mol. The molecule has 32 heavy (non-hydrogen) atoms. The first-order chi connectivity index (χ1) is 15.4. The van der Waals surface area contributed by atoms with Crippen LogP contribution in [0.4, 0.5) is 11.4 Å². The van der Waals surface area contributed by atoms with Crippen molar-refractivity contribution in [1.29, 1.82) is 0 Å². The van der Waals surface area contributed by atoms with Gasteiger partial charge in [0, 0.05) is 24.0 Å². The molecule has 3 nitrogen and oxygen atoms in total. The van der Waals surface area contributed by atoms with E-state index in [2.05, 4.69) is 55.8 Å². The molecule has 0 spiro atoms. The Bertz CT molecular complexity index is 1100. The lowest BCUT2D eigenvalue weighted by atomic mass is 9.79. The van der Waals surface area contributed by atoms with E-state index in [4.69, 9.17) is 16.3 Å². The Balaban J connectivity index is 1.50. The molecule has 0 radical (unpaired) electrons. The van der Waals surface area contributed by atoms with Gasteiger partial charge in [-0.2, -0.15) is 0 Å². The number of aliphatic imine (C=N–C) groups is 1. The third-order valence-corrected chi connectivity index (χ3v) is 6.43. The summed E-state index contributed by atoms with van der Waals surface area (Å²) in [5.41, 5.74) is 4.99. The first-order valence-electron chi connectivity index (χ1n) is 11.4. The zero-order valence-electron chi connectivity index (χ0n) is 19.3. The minimum atomic E-state index is 0.186. The third kappa shape index (κ3) is 4.83. The normalized spacial score (nSPS) is 17.4. The lowest BCUT2D eigenvalue weighted by Crippen LogP contribution is -2.48. The quantitative estimate of drug-likeness (QED) is 0.355. The van der Waals surface area contributed by atoms with Crippen LogP contribution in [0.3, 0.4) is 0 Å². The molecule has 0 amide bonds. The van der Waals surface area contributed by atoms with E-state index in [1.807, 2.05) is 54.7 Å². The highest BCUT2D eigenvalue weighted by Crippen LogP contribution is 2.43. The molecule has 0 N–H and O–H groups in total. The van der Waals surface area contributed by atoms with Gasteiger partial charge in [0.05, 0.1) is 10.7 Å². The van der Waals surface area contributed by atoms with E-state index in [0.717, 1.165) is 36.4 Å². The van der Waals surface area contributed by atoms with Crippen LogP contribution in [0.2, 0.25) is 5.02 Å². The van der Waals surface area contributed by atoms with Crippen molar-refractivity contribution in [2.45, 2.75) is 52.0 Å². The van der Waals surface area contributed by atoms with Crippen molar-refractivity contribution >= 4 is 29.2 Å². The summed E-state index contributed by atoms with van der Waals surface area (Å²) in [6, 6.07) is 21.9. The van der Waals surface area contributed by atoms with Crippen molar-refractivity contribution in [1.82, 2.24) is 0 Å². The van der Waals surface area contributed by atoms with Gasteiger partial charge in [0.15, 0.2) is 0 Å². The maximum absolute atomic E-state index is 6.17. The third-order valence-electron chi connectivity index (χ3n) is 6.12. The van der Waals surface area contributed by atoms with E-state index >= 15 is 0 Å². The fourth-order valence-electron chi connectivity index (χ4n) is 4.64. The van der Waals surface area contributed by atoms with Crippen LogP contribution in [0.25, 0.3) is 0 Å². The Morgan fingerprint density at radius 3 is 2.56 bits per heavy atom. The first-order valence-corrected chi connectivity index (χ1v) is 11.7. The van der Waals surface area contributed by atoms with Crippen LogP contribution in [0.1, 0.15) is 57.6 Å². The van der Waals surface area contributed by atoms with E-state index in [1.54, 1.807) is 0 Å². The lowest BCUT2D eigenvalue weighted by Gasteiger charge is -2.47. The number of para-hydroxylation sites is 1. The molecule has 0 bridgehead atoms. The van der Waals surface area contributed by atoms with Gasteiger partial charge in [0.1, 0.15) is 11.5 Å². The fourth-order valence-corrected chi connectivity index (χ4v) is 4.81. The molecule has 3 aromatic rings. The van der Waals surface area contributed by atoms with Crippen LogP contribution in [0.5, 0.6) is 11.5 Å². The molecule has 166 valence electrons. The summed E-state index contributed by atoms with van der Waals surface area (Å²) < 4.78 is 5.86. The summed E-state index contributed by atoms with van der Waals surface area (Å²) in [6.07, 6.45) is 4.25. The highest BCUT2D eigenvalue weighted by molar-refractivity contribution is 6.32. The molecule has 0 aromatic heterocycles. The summed E-state index contributed by atoms with van der Waals surface area (Å²) in [7, 11) is 0. The highest BCUT2D eigenvalue weighted by Gasteiger charge is 2.35. The Hall–Kier alpha value is -2.78. The van der Waals surface area contributed by atoms with Crippen LogP contribution in [-0.2, 0) is 0 Å². The Morgan fingerprint density at radius 2 is 1.84 bits per heavy atom. The molecule has 4 rings (SSSR count). The van der Waals surface area contributed by atoms with Crippen molar-refractivity contribution < 1.29 is 4.74 Å². The molecule has 1 unspecified atom stereocenters. The largest absolute Gasteiger partial charge is 0.456 e. The molecule has 0 saturated carbocycles. The molecule has 3 aromatic carbocycles. The summed E-state index contributed by atoms with van der Waals surface area (Å²) >= 11 is 6.17. The maximum Gasteiger partial charge on any atom is 0.146 e. The molecule has 1 aliphatic rings. The van der Waals surface area contributed by atoms with Crippen molar-refractivity contribution in [3.05, 3.63) is 82.9 Å². The average Bonchev–Trinajstić information content (AvgIpc) is 2.77. The van der Waals surface area contributed by atoms with E-state index in [-0.39, 0.29) is 5.54 Å². The molecule has 0 saturated heterocycles. The molecule has 1 heterocycles. The number of ether oxygens (including phenoxy) is 1. The molecule has 1 aliphatic heterocycles. The topological polar surface area (TPSA) is 24.8 Å². The number of rotatable bonds is 6. The van der Waals surface area contributed by atoms with Crippen LogP contribution >= 0.6 is 11.6 Å². The minimum Gasteiger partial charge on any atom is -0.456 e. The van der Waals surface area contributed by atoms with Crippen molar-refractivity contribution in [3.8, 4) is 11.5 Å². The number of fused-ring (bicyclic) bond motifs is 1. The second-order valence-electron chi connectivity index (χ2n) is 9.17. The number of benzene rings is 3. The molecular formula is C28H31ClN2O. The molecule has 1 atom stereocenters. The van der Waals surface area contributed by atoms with Gasteiger partial charge in [-0.15, -0.1) is 0 Å². The Labute approximate surface area is 196 Å². The maximum atomic E-state index is 6.17. The summed E-state index contributed by atoms with van der Waals surface area (Å²) in [6.45, 7) is 10.4. The Kier molecular flexibility index (Phi) is 6.57. The number of halogens is 1. The predicted octanol–water partition coefficient (Wildman–Crippen LogP) is 8.39. The monoisotopic (exact) mass is 446 g/mol. The second-order valence-corrected chi connectivity index (χ2v) is 9.58. The molecule has 0 aliphatic carbocycles. The highest BCUT2D eigenvalue weighted by atomic mass is 35.5. The van der Waals surface area contributed by atoms with Gasteiger partial charge < -0.3 is 9.64 Å². The van der Waals surface area contributed by atoms with Crippen molar-refractivity contribution in [2.75, 3.05) is 11.4 Å². The zero-order chi connectivity index (χ0) is 22.7.